The number of carbonyl (C=O) groups excluding carboxylic acids is 1. The van der Waals surface area contributed by atoms with Gasteiger partial charge in [-0.05, 0) is 6.92 Å². The lowest BCUT2D eigenvalue weighted by atomic mass is 10.1. The molecule has 0 fully saturated rings. The van der Waals surface area contributed by atoms with E-state index in [-0.39, 0.29) is 30.2 Å². The van der Waals surface area contributed by atoms with E-state index < -0.39 is 24.5 Å². The monoisotopic (exact) mass is 308 g/mol. The average molecular weight is 308 g/mol. The lowest BCUT2D eigenvalue weighted by Gasteiger charge is -2.17. The fraction of sp³-hybridized carbons (Fsp3) is 0.500. The van der Waals surface area contributed by atoms with Gasteiger partial charge in [-0.15, -0.1) is 13.2 Å². The summed E-state index contributed by atoms with van der Waals surface area (Å²) in [4.78, 5) is 15.2. The molecule has 0 aliphatic heterocycles. The maximum Gasteiger partial charge on any atom is 0.573 e. The first kappa shape index (κ1) is 17.0. The molecule has 1 aromatic rings. The smallest absolute Gasteiger partial charge is 0.495 e. The number of rotatable bonds is 6. The van der Waals surface area contributed by atoms with Crippen LogP contribution in [0.4, 0.5) is 13.2 Å². The Hall–Kier alpha value is -2.03. The van der Waals surface area contributed by atoms with Crippen LogP contribution in [0.2, 0.25) is 0 Å². The predicted molar refractivity (Wildman–Crippen MR) is 65.7 cm³/mol. The molecule has 118 valence electrons. The van der Waals surface area contributed by atoms with Crippen LogP contribution >= 0.6 is 0 Å². The van der Waals surface area contributed by atoms with Gasteiger partial charge in [0.05, 0.1) is 37.6 Å². The number of aromatic nitrogens is 1. The van der Waals surface area contributed by atoms with Crippen LogP contribution < -0.4 is 15.2 Å². The van der Waals surface area contributed by atoms with Crippen molar-refractivity contribution in [3.63, 3.8) is 0 Å². The Kier molecular flexibility index (Phi) is 5.77. The van der Waals surface area contributed by atoms with Gasteiger partial charge in [0.2, 0.25) is 0 Å². The summed E-state index contributed by atoms with van der Waals surface area (Å²) in [5.74, 6) is -1.30. The van der Waals surface area contributed by atoms with Gasteiger partial charge >= 0.3 is 12.3 Å². The first-order valence-electron chi connectivity index (χ1n) is 5.98. The number of carbonyl (C=O) groups is 1. The molecule has 0 atom stereocenters. The van der Waals surface area contributed by atoms with E-state index in [1.165, 1.54) is 13.3 Å². The molecule has 9 heteroatoms. The number of nitrogens with two attached hydrogens (primary N) is 1. The molecule has 1 aromatic heterocycles. The fourth-order valence-corrected chi connectivity index (χ4v) is 1.64. The molecule has 2 N–H and O–H groups in total. The zero-order chi connectivity index (χ0) is 16.0. The van der Waals surface area contributed by atoms with Gasteiger partial charge in [0.25, 0.3) is 0 Å². The van der Waals surface area contributed by atoms with Crippen molar-refractivity contribution in [2.24, 2.45) is 5.73 Å². The molecule has 0 spiro atoms. The van der Waals surface area contributed by atoms with Crippen LogP contribution in [-0.2, 0) is 22.5 Å². The third-order valence-electron chi connectivity index (χ3n) is 2.43. The quantitative estimate of drug-likeness (QED) is 0.803. The number of alkyl halides is 3. The van der Waals surface area contributed by atoms with Crippen molar-refractivity contribution in [3.8, 4) is 11.5 Å². The summed E-state index contributed by atoms with van der Waals surface area (Å²) in [5, 5.41) is 0. The van der Waals surface area contributed by atoms with E-state index in [1.807, 2.05) is 0 Å². The first-order valence-corrected chi connectivity index (χ1v) is 5.98. The number of pyridine rings is 1. The van der Waals surface area contributed by atoms with Gasteiger partial charge in [-0.1, -0.05) is 0 Å². The molecule has 0 aromatic carbocycles. The minimum atomic E-state index is -4.94. The number of ether oxygens (including phenoxy) is 3. The number of hydrogen-bond donors (Lipinski definition) is 1. The van der Waals surface area contributed by atoms with Crippen LogP contribution in [0.25, 0.3) is 0 Å². The second kappa shape index (κ2) is 7.11. The predicted octanol–water partition coefficient (Wildman–Crippen LogP) is 1.55. The van der Waals surface area contributed by atoms with Crippen LogP contribution in [0.15, 0.2) is 6.20 Å². The molecule has 0 saturated heterocycles. The van der Waals surface area contributed by atoms with Crippen molar-refractivity contribution in [2.75, 3.05) is 13.7 Å². The van der Waals surface area contributed by atoms with Gasteiger partial charge in [0, 0.05) is 6.54 Å². The summed E-state index contributed by atoms with van der Waals surface area (Å²) in [7, 11) is 1.26. The second-order valence-electron chi connectivity index (χ2n) is 3.81. The highest BCUT2D eigenvalue weighted by Crippen LogP contribution is 2.34. The summed E-state index contributed by atoms with van der Waals surface area (Å²) < 4.78 is 51.1. The lowest BCUT2D eigenvalue weighted by molar-refractivity contribution is -0.275. The normalized spacial score (nSPS) is 11.1. The zero-order valence-electron chi connectivity index (χ0n) is 11.5. The van der Waals surface area contributed by atoms with Crippen molar-refractivity contribution >= 4 is 5.97 Å². The SMILES string of the molecule is CCOC(=O)Cc1ncc(OC)c(CN)c1OC(F)(F)F. The van der Waals surface area contributed by atoms with Gasteiger partial charge in [-0.2, -0.15) is 0 Å². The highest BCUT2D eigenvalue weighted by Gasteiger charge is 2.34. The highest BCUT2D eigenvalue weighted by atomic mass is 19.4. The summed E-state index contributed by atoms with van der Waals surface area (Å²) in [6, 6.07) is 0. The third kappa shape index (κ3) is 4.78. The van der Waals surface area contributed by atoms with Crippen molar-refractivity contribution in [1.29, 1.82) is 0 Å². The van der Waals surface area contributed by atoms with Crippen molar-refractivity contribution in [3.05, 3.63) is 17.5 Å². The van der Waals surface area contributed by atoms with E-state index in [9.17, 15) is 18.0 Å². The Bertz CT molecular complexity index is 506. The van der Waals surface area contributed by atoms with E-state index >= 15 is 0 Å². The molecule has 0 amide bonds. The minimum absolute atomic E-state index is 0.0240. The van der Waals surface area contributed by atoms with Crippen LogP contribution in [0.1, 0.15) is 18.2 Å². The molecule has 0 bridgehead atoms. The number of esters is 1. The number of nitrogens with zero attached hydrogens (tertiary/aromatic N) is 1. The topological polar surface area (TPSA) is 83.7 Å². The number of hydrogen-bond acceptors (Lipinski definition) is 6. The lowest BCUT2D eigenvalue weighted by Crippen LogP contribution is -2.22. The largest absolute Gasteiger partial charge is 0.573 e. The molecule has 0 saturated carbocycles. The summed E-state index contributed by atoms with van der Waals surface area (Å²) >= 11 is 0. The van der Waals surface area contributed by atoms with Crippen molar-refractivity contribution in [2.45, 2.75) is 26.3 Å². The van der Waals surface area contributed by atoms with Crippen LogP contribution in [0.5, 0.6) is 11.5 Å². The molecule has 0 aliphatic carbocycles. The van der Waals surface area contributed by atoms with E-state index in [1.54, 1.807) is 6.92 Å². The molecular formula is C12H15F3N2O4. The highest BCUT2D eigenvalue weighted by molar-refractivity contribution is 5.73. The summed E-state index contributed by atoms with van der Waals surface area (Å²) in [5.41, 5.74) is 5.19. The minimum Gasteiger partial charge on any atom is -0.495 e. The van der Waals surface area contributed by atoms with E-state index in [4.69, 9.17) is 10.5 Å². The van der Waals surface area contributed by atoms with Crippen molar-refractivity contribution in [1.82, 2.24) is 4.98 Å². The van der Waals surface area contributed by atoms with Gasteiger partial charge in [0.1, 0.15) is 5.75 Å². The third-order valence-corrected chi connectivity index (χ3v) is 2.43. The van der Waals surface area contributed by atoms with Crippen LogP contribution in [-0.4, -0.2) is 31.0 Å². The van der Waals surface area contributed by atoms with Gasteiger partial charge < -0.3 is 19.9 Å². The molecule has 0 radical (unpaired) electrons. The average Bonchev–Trinajstić information content (AvgIpc) is 2.39. The summed E-state index contributed by atoms with van der Waals surface area (Å²) in [6.45, 7) is 1.42. The maximum atomic E-state index is 12.5. The molecule has 1 heterocycles. The zero-order valence-corrected chi connectivity index (χ0v) is 11.5. The van der Waals surface area contributed by atoms with Gasteiger partial charge in [-0.3, -0.25) is 9.78 Å². The van der Waals surface area contributed by atoms with Crippen LogP contribution in [0, 0.1) is 0 Å². The Morgan fingerprint density at radius 3 is 2.57 bits per heavy atom. The van der Waals surface area contributed by atoms with E-state index in [0.717, 1.165) is 0 Å². The number of methoxy groups -OCH3 is 1. The van der Waals surface area contributed by atoms with Crippen molar-refractivity contribution < 1.29 is 32.2 Å². The Balaban J connectivity index is 3.25. The Morgan fingerprint density at radius 1 is 1.43 bits per heavy atom. The van der Waals surface area contributed by atoms with Gasteiger partial charge in [0.15, 0.2) is 5.75 Å². The Morgan fingerprint density at radius 2 is 2.10 bits per heavy atom. The fourth-order valence-electron chi connectivity index (χ4n) is 1.64. The molecule has 6 nitrogen and oxygen atoms in total. The first-order chi connectivity index (χ1) is 9.82. The molecule has 1 rings (SSSR count). The number of halogens is 3. The second-order valence-corrected chi connectivity index (χ2v) is 3.81. The standard InChI is InChI=1S/C12H15F3N2O4/c1-3-20-10(18)4-8-11(21-12(13,14)15)7(5-16)9(19-2)6-17-8/h6H,3-5,16H2,1-2H3. The molecular weight excluding hydrogens is 293 g/mol. The van der Waals surface area contributed by atoms with Gasteiger partial charge in [-0.25, -0.2) is 0 Å². The Labute approximate surface area is 119 Å². The molecule has 0 unspecified atom stereocenters. The molecule has 0 aliphatic rings. The maximum absolute atomic E-state index is 12.5. The summed E-state index contributed by atoms with van der Waals surface area (Å²) in [6.07, 6.45) is -4.22. The van der Waals surface area contributed by atoms with E-state index in [0.29, 0.717) is 0 Å². The van der Waals surface area contributed by atoms with Crippen LogP contribution in [0.3, 0.4) is 0 Å². The molecule has 21 heavy (non-hydrogen) atoms. The van der Waals surface area contributed by atoms with E-state index in [2.05, 4.69) is 14.5 Å².